The van der Waals surface area contributed by atoms with Gasteiger partial charge in [-0.25, -0.2) is 4.79 Å². The number of ether oxygens (including phenoxy) is 2. The van der Waals surface area contributed by atoms with E-state index < -0.39 is 18.1 Å². The average molecular weight is 660 g/mol. The smallest absolute Gasteiger partial charge is 0.407 e. The lowest BCUT2D eigenvalue weighted by molar-refractivity contribution is -0.120. The maximum atomic E-state index is 14.1. The number of carbonyl (C=O) groups is 2. The first kappa shape index (κ1) is 33.5. The van der Waals surface area contributed by atoms with Crippen molar-refractivity contribution < 1.29 is 19.1 Å². The van der Waals surface area contributed by atoms with Crippen molar-refractivity contribution in [1.82, 2.24) is 15.6 Å². The van der Waals surface area contributed by atoms with E-state index in [-0.39, 0.29) is 30.0 Å². The summed E-state index contributed by atoms with van der Waals surface area (Å²) in [7, 11) is 1.26. The molecule has 2 heterocycles. The Bertz CT molecular complexity index is 1600. The number of benzene rings is 3. The minimum absolute atomic E-state index is 0.0395. The molecule has 3 aromatic carbocycles. The lowest BCUT2D eigenvalue weighted by Gasteiger charge is -2.31. The third-order valence-electron chi connectivity index (χ3n) is 8.08. The lowest BCUT2D eigenvalue weighted by atomic mass is 9.81. The molecule has 0 saturated carbocycles. The molecule has 1 aliphatic heterocycles. The molecule has 1 saturated heterocycles. The van der Waals surface area contributed by atoms with Crippen LogP contribution in [0.5, 0.6) is 0 Å². The molecule has 46 heavy (non-hydrogen) atoms. The zero-order chi connectivity index (χ0) is 32.3. The fraction of sp³-hybridized carbons (Fsp3) is 0.306. The summed E-state index contributed by atoms with van der Waals surface area (Å²) in [4.78, 5) is 43.7. The lowest BCUT2D eigenvalue weighted by Crippen LogP contribution is -2.46. The van der Waals surface area contributed by atoms with Crippen molar-refractivity contribution in [2.24, 2.45) is 0 Å². The summed E-state index contributed by atoms with van der Waals surface area (Å²) >= 11 is 7.74. The monoisotopic (exact) mass is 659 g/mol. The first-order valence-corrected chi connectivity index (χ1v) is 16.7. The number of aryl methyl sites for hydroxylation is 1. The third kappa shape index (κ3) is 9.10. The van der Waals surface area contributed by atoms with Crippen LogP contribution in [0.1, 0.15) is 34.6 Å². The fourth-order valence-corrected chi connectivity index (χ4v) is 6.81. The second kappa shape index (κ2) is 16.6. The third-order valence-corrected chi connectivity index (χ3v) is 9.48. The van der Waals surface area contributed by atoms with Gasteiger partial charge < -0.3 is 25.1 Å². The number of aromatic amines is 1. The van der Waals surface area contributed by atoms with Gasteiger partial charge in [0.25, 0.3) is 5.56 Å². The zero-order valence-corrected chi connectivity index (χ0v) is 27.2. The number of methoxy groups -OCH3 is 1. The van der Waals surface area contributed by atoms with E-state index >= 15 is 0 Å². The number of pyridine rings is 1. The Kier molecular flexibility index (Phi) is 12.1. The van der Waals surface area contributed by atoms with Gasteiger partial charge in [-0.3, -0.25) is 9.59 Å². The van der Waals surface area contributed by atoms with E-state index in [9.17, 15) is 14.4 Å². The van der Waals surface area contributed by atoms with Gasteiger partial charge in [0.2, 0.25) is 0 Å². The quantitative estimate of drug-likeness (QED) is 0.156. The van der Waals surface area contributed by atoms with E-state index in [2.05, 4.69) is 15.6 Å². The molecule has 1 aliphatic rings. The van der Waals surface area contributed by atoms with Crippen LogP contribution >= 0.6 is 23.4 Å². The van der Waals surface area contributed by atoms with Crippen molar-refractivity contribution in [1.29, 1.82) is 0 Å². The van der Waals surface area contributed by atoms with E-state index in [0.717, 1.165) is 33.9 Å². The maximum Gasteiger partial charge on any atom is 0.407 e. The number of morpholine rings is 1. The van der Waals surface area contributed by atoms with Crippen LogP contribution in [0.4, 0.5) is 4.79 Å². The highest BCUT2D eigenvalue weighted by Crippen LogP contribution is 2.30. The van der Waals surface area contributed by atoms with Gasteiger partial charge in [0, 0.05) is 52.9 Å². The molecular weight excluding hydrogens is 622 g/mol. The van der Waals surface area contributed by atoms with Crippen LogP contribution in [0.15, 0.2) is 107 Å². The highest BCUT2D eigenvalue weighted by Gasteiger charge is 2.33. The zero-order valence-electron chi connectivity index (χ0n) is 25.6. The first-order chi connectivity index (χ1) is 22.4. The number of amides is 1. The Morgan fingerprint density at radius 3 is 2.26 bits per heavy atom. The Morgan fingerprint density at radius 1 is 0.957 bits per heavy atom. The van der Waals surface area contributed by atoms with E-state index in [0.29, 0.717) is 30.0 Å². The first-order valence-electron chi connectivity index (χ1n) is 15.3. The normalized spacial score (nSPS) is 16.9. The molecule has 0 radical (unpaired) electrons. The molecule has 0 spiro atoms. The molecule has 1 amide bonds. The number of Topliss-reactive ketones (excluding diaryl/α,β-unsaturated/α-hetero) is 1. The summed E-state index contributed by atoms with van der Waals surface area (Å²) in [6, 6.07) is 27.7. The van der Waals surface area contributed by atoms with E-state index in [4.69, 9.17) is 21.1 Å². The summed E-state index contributed by atoms with van der Waals surface area (Å²) in [5.41, 5.74) is 2.57. The van der Waals surface area contributed by atoms with Crippen molar-refractivity contribution in [3.63, 3.8) is 0 Å². The fourth-order valence-electron chi connectivity index (χ4n) is 5.78. The number of nitrogens with one attached hydrogen (secondary N) is 3. The minimum Gasteiger partial charge on any atom is -0.453 e. The number of hydrogen-bond donors (Lipinski definition) is 3. The van der Waals surface area contributed by atoms with Crippen LogP contribution in [-0.2, 0) is 27.1 Å². The Hall–Kier alpha value is -3.89. The van der Waals surface area contributed by atoms with Crippen molar-refractivity contribution in [2.75, 3.05) is 26.0 Å². The summed E-state index contributed by atoms with van der Waals surface area (Å²) in [5.74, 6) is 0.00892. The SMILES string of the molecule is COC(=O)N[C@H](C(=O)Cc1c(CC[C@@H]2CNC[C@@H](CSc3ccc(Cl)cc3)O2)cc[nH]c1=O)C(c1ccccc1)c1ccccc1. The van der Waals surface area contributed by atoms with Crippen LogP contribution in [0, 0.1) is 0 Å². The van der Waals surface area contributed by atoms with E-state index in [1.807, 2.05) is 91.0 Å². The number of thioether (sulfide) groups is 1. The number of hydrogen-bond acceptors (Lipinski definition) is 7. The molecular formula is C36H38ClN3O5S. The highest BCUT2D eigenvalue weighted by molar-refractivity contribution is 7.99. The molecule has 4 aromatic rings. The summed E-state index contributed by atoms with van der Waals surface area (Å²) in [5, 5.41) is 6.96. The van der Waals surface area contributed by atoms with Crippen molar-refractivity contribution >= 4 is 35.2 Å². The highest BCUT2D eigenvalue weighted by atomic mass is 35.5. The van der Waals surface area contributed by atoms with Crippen molar-refractivity contribution in [3.8, 4) is 0 Å². The number of halogens is 1. The van der Waals surface area contributed by atoms with Gasteiger partial charge in [-0.1, -0.05) is 72.3 Å². The maximum absolute atomic E-state index is 14.1. The van der Waals surface area contributed by atoms with Gasteiger partial charge in [0.15, 0.2) is 5.78 Å². The number of carbonyl (C=O) groups excluding carboxylic acids is 2. The number of aromatic nitrogens is 1. The molecule has 1 aromatic heterocycles. The number of H-pyrrole nitrogens is 1. The number of alkyl carbamates (subject to hydrolysis) is 1. The largest absolute Gasteiger partial charge is 0.453 e. The van der Waals surface area contributed by atoms with Gasteiger partial charge in [0.05, 0.1) is 19.3 Å². The molecule has 3 atom stereocenters. The molecule has 240 valence electrons. The predicted octanol–water partition coefficient (Wildman–Crippen LogP) is 5.78. The van der Waals surface area contributed by atoms with Gasteiger partial charge in [-0.05, 0) is 59.9 Å². The molecule has 5 rings (SSSR count). The van der Waals surface area contributed by atoms with Gasteiger partial charge in [-0.2, -0.15) is 0 Å². The van der Waals surface area contributed by atoms with Crippen LogP contribution in [-0.4, -0.2) is 61.1 Å². The standard InChI is InChI=1S/C36H38ClN3O5S/c1-44-36(43)40-34(33(25-8-4-2-5-9-25)26-10-6-3-7-11-26)32(41)20-31-24(18-19-39-35(31)42)12-15-28-21-38-22-29(45-28)23-46-30-16-13-27(37)14-17-30/h2-11,13-14,16-19,28-29,33-34,38H,12,15,20-23H2,1H3,(H,39,42)(H,40,43)/t28-,29+,34-/m1/s1. The molecule has 1 fully saturated rings. The predicted molar refractivity (Wildman–Crippen MR) is 182 cm³/mol. The molecule has 0 bridgehead atoms. The second-order valence-electron chi connectivity index (χ2n) is 11.2. The summed E-state index contributed by atoms with van der Waals surface area (Å²) in [6.07, 6.45) is 1.98. The topological polar surface area (TPSA) is 110 Å². The van der Waals surface area contributed by atoms with Crippen LogP contribution in [0.3, 0.4) is 0 Å². The van der Waals surface area contributed by atoms with Gasteiger partial charge in [-0.15, -0.1) is 11.8 Å². The Labute approximate surface area is 278 Å². The van der Waals surface area contributed by atoms with Crippen molar-refractivity contribution in [2.45, 2.75) is 48.3 Å². The molecule has 0 unspecified atom stereocenters. The second-order valence-corrected chi connectivity index (χ2v) is 12.7. The van der Waals surface area contributed by atoms with E-state index in [1.54, 1.807) is 18.0 Å². The summed E-state index contributed by atoms with van der Waals surface area (Å²) in [6.45, 7) is 1.47. The van der Waals surface area contributed by atoms with Crippen LogP contribution < -0.4 is 16.2 Å². The van der Waals surface area contributed by atoms with Crippen LogP contribution in [0.25, 0.3) is 0 Å². The average Bonchev–Trinajstić information content (AvgIpc) is 3.09. The molecule has 0 aliphatic carbocycles. The van der Waals surface area contributed by atoms with E-state index in [1.165, 1.54) is 7.11 Å². The van der Waals surface area contributed by atoms with Gasteiger partial charge in [0.1, 0.15) is 6.04 Å². The number of ketones is 1. The molecule has 8 nitrogen and oxygen atoms in total. The molecule has 10 heteroatoms. The van der Waals surface area contributed by atoms with Crippen molar-refractivity contribution in [3.05, 3.63) is 135 Å². The van der Waals surface area contributed by atoms with Crippen LogP contribution in [0.2, 0.25) is 5.02 Å². The number of rotatable bonds is 13. The summed E-state index contributed by atoms with van der Waals surface area (Å²) < 4.78 is 11.3. The molecule has 3 N–H and O–H groups in total. The Balaban J connectivity index is 1.30. The minimum atomic E-state index is -0.977. The van der Waals surface area contributed by atoms with Gasteiger partial charge >= 0.3 is 6.09 Å². The Morgan fingerprint density at radius 2 is 1.61 bits per heavy atom.